The van der Waals surface area contributed by atoms with Crippen LogP contribution < -0.4 is 5.32 Å². The quantitative estimate of drug-likeness (QED) is 0.866. The molecule has 2 rings (SSSR count). The van der Waals surface area contributed by atoms with Gasteiger partial charge in [0, 0.05) is 12.1 Å². The zero-order chi connectivity index (χ0) is 13.7. The normalized spacial score (nSPS) is 14.3. The molecule has 0 fully saturated rings. The first kappa shape index (κ1) is 13.7. The number of aromatic nitrogens is 4. The van der Waals surface area contributed by atoms with Crippen molar-refractivity contribution in [3.05, 3.63) is 36.2 Å². The third kappa shape index (κ3) is 3.61. The van der Waals surface area contributed by atoms with Crippen LogP contribution in [0.3, 0.4) is 0 Å². The lowest BCUT2D eigenvalue weighted by atomic mass is 10.1. The van der Waals surface area contributed by atoms with Crippen LogP contribution in [0.1, 0.15) is 45.2 Å². The molecule has 5 nitrogen and oxygen atoms in total. The lowest BCUT2D eigenvalue weighted by Gasteiger charge is -2.20. The predicted octanol–water partition coefficient (Wildman–Crippen LogP) is 2.50. The molecule has 0 aliphatic rings. The second-order valence-corrected chi connectivity index (χ2v) is 4.93. The van der Waals surface area contributed by atoms with Crippen molar-refractivity contribution in [2.24, 2.45) is 0 Å². The van der Waals surface area contributed by atoms with Crippen LogP contribution in [0.25, 0.3) is 5.69 Å². The Balaban J connectivity index is 2.10. The summed E-state index contributed by atoms with van der Waals surface area (Å²) in [5, 5.41) is 14.8. The fourth-order valence-electron chi connectivity index (χ4n) is 2.26. The number of hydrogen-bond acceptors (Lipinski definition) is 4. The van der Waals surface area contributed by atoms with E-state index in [1.165, 1.54) is 18.4 Å². The van der Waals surface area contributed by atoms with E-state index in [4.69, 9.17) is 0 Å². The van der Waals surface area contributed by atoms with E-state index in [2.05, 4.69) is 53.7 Å². The molecule has 19 heavy (non-hydrogen) atoms. The molecule has 0 saturated heterocycles. The van der Waals surface area contributed by atoms with E-state index < -0.39 is 0 Å². The first-order chi connectivity index (χ1) is 9.20. The van der Waals surface area contributed by atoms with E-state index >= 15 is 0 Å². The van der Waals surface area contributed by atoms with E-state index in [1.54, 1.807) is 11.0 Å². The molecule has 1 heterocycles. The van der Waals surface area contributed by atoms with E-state index in [0.717, 1.165) is 5.69 Å². The van der Waals surface area contributed by atoms with Crippen LogP contribution in [0.4, 0.5) is 0 Å². The van der Waals surface area contributed by atoms with Gasteiger partial charge < -0.3 is 5.32 Å². The summed E-state index contributed by atoms with van der Waals surface area (Å²) in [5.41, 5.74) is 2.23. The predicted molar refractivity (Wildman–Crippen MR) is 75.1 cm³/mol. The number of hydrogen-bond donors (Lipinski definition) is 1. The first-order valence-electron chi connectivity index (χ1n) is 6.80. The highest BCUT2D eigenvalue weighted by Crippen LogP contribution is 2.17. The van der Waals surface area contributed by atoms with Gasteiger partial charge in [-0.25, -0.2) is 4.68 Å². The zero-order valence-corrected chi connectivity index (χ0v) is 11.7. The van der Waals surface area contributed by atoms with Crippen molar-refractivity contribution >= 4 is 0 Å². The number of nitrogens with zero attached hydrogens (tertiary/aromatic N) is 4. The second kappa shape index (κ2) is 6.43. The van der Waals surface area contributed by atoms with Crippen molar-refractivity contribution in [1.82, 2.24) is 25.5 Å². The van der Waals surface area contributed by atoms with Crippen molar-refractivity contribution in [2.45, 2.75) is 45.7 Å². The third-order valence-electron chi connectivity index (χ3n) is 3.24. The molecule has 2 atom stereocenters. The Morgan fingerprint density at radius 1 is 1.32 bits per heavy atom. The largest absolute Gasteiger partial charge is 0.308 e. The zero-order valence-electron chi connectivity index (χ0n) is 11.7. The Bertz CT molecular complexity index is 494. The number of benzene rings is 1. The van der Waals surface area contributed by atoms with Gasteiger partial charge in [0.25, 0.3) is 0 Å². The van der Waals surface area contributed by atoms with E-state index in [0.29, 0.717) is 12.1 Å². The molecule has 2 aromatic rings. The molecule has 102 valence electrons. The van der Waals surface area contributed by atoms with Crippen molar-refractivity contribution in [2.75, 3.05) is 0 Å². The van der Waals surface area contributed by atoms with Gasteiger partial charge in [0.2, 0.25) is 0 Å². The minimum Gasteiger partial charge on any atom is -0.308 e. The highest BCUT2D eigenvalue weighted by molar-refractivity contribution is 5.35. The van der Waals surface area contributed by atoms with Crippen molar-refractivity contribution in [1.29, 1.82) is 0 Å². The molecule has 5 heteroatoms. The highest BCUT2D eigenvalue weighted by Gasteiger charge is 2.10. The smallest absolute Gasteiger partial charge is 0.143 e. The van der Waals surface area contributed by atoms with Gasteiger partial charge in [-0.3, -0.25) is 0 Å². The van der Waals surface area contributed by atoms with Gasteiger partial charge >= 0.3 is 0 Å². The summed E-state index contributed by atoms with van der Waals surface area (Å²) in [4.78, 5) is 0. The molecule has 0 bridgehead atoms. The number of rotatable bonds is 6. The first-order valence-corrected chi connectivity index (χ1v) is 6.80. The van der Waals surface area contributed by atoms with Crippen LogP contribution in [-0.4, -0.2) is 26.2 Å². The van der Waals surface area contributed by atoms with Crippen molar-refractivity contribution in [3.63, 3.8) is 0 Å². The van der Waals surface area contributed by atoms with Crippen LogP contribution in [-0.2, 0) is 0 Å². The minimum atomic E-state index is 0.318. The molecule has 0 aliphatic heterocycles. The van der Waals surface area contributed by atoms with Crippen LogP contribution in [0.15, 0.2) is 30.6 Å². The molecule has 0 amide bonds. The molecule has 1 N–H and O–H groups in total. The Morgan fingerprint density at radius 3 is 2.84 bits per heavy atom. The average Bonchev–Trinajstić information content (AvgIpc) is 2.93. The van der Waals surface area contributed by atoms with Crippen molar-refractivity contribution in [3.8, 4) is 5.69 Å². The van der Waals surface area contributed by atoms with Gasteiger partial charge in [-0.05, 0) is 48.4 Å². The Labute approximate surface area is 114 Å². The summed E-state index contributed by atoms with van der Waals surface area (Å²) in [6.07, 6.45) is 4.00. The number of tetrazole rings is 1. The summed E-state index contributed by atoms with van der Waals surface area (Å²) in [6, 6.07) is 9.13. The van der Waals surface area contributed by atoms with Crippen LogP contribution in [0.5, 0.6) is 0 Å². The van der Waals surface area contributed by atoms with Gasteiger partial charge in [0.05, 0.1) is 5.69 Å². The highest BCUT2D eigenvalue weighted by atomic mass is 15.5. The fraction of sp³-hybridized carbons (Fsp3) is 0.500. The SMILES string of the molecule is CCCC(C)NC(C)c1cccc(-n2cnnn2)c1. The Kier molecular flexibility index (Phi) is 4.63. The summed E-state index contributed by atoms with van der Waals surface area (Å²) >= 11 is 0. The summed E-state index contributed by atoms with van der Waals surface area (Å²) in [6.45, 7) is 6.62. The monoisotopic (exact) mass is 259 g/mol. The van der Waals surface area contributed by atoms with Crippen LogP contribution in [0.2, 0.25) is 0 Å². The second-order valence-electron chi connectivity index (χ2n) is 4.93. The fourth-order valence-corrected chi connectivity index (χ4v) is 2.26. The van der Waals surface area contributed by atoms with Crippen molar-refractivity contribution < 1.29 is 0 Å². The molecule has 0 aliphatic carbocycles. The van der Waals surface area contributed by atoms with Gasteiger partial charge in [-0.15, -0.1) is 5.10 Å². The third-order valence-corrected chi connectivity index (χ3v) is 3.24. The van der Waals surface area contributed by atoms with Crippen LogP contribution >= 0.6 is 0 Å². The van der Waals surface area contributed by atoms with E-state index in [9.17, 15) is 0 Å². The van der Waals surface area contributed by atoms with Gasteiger partial charge in [0.15, 0.2) is 0 Å². The molecule has 0 spiro atoms. The standard InChI is InChI=1S/C14H21N5/c1-4-6-11(2)16-12(3)13-7-5-8-14(9-13)19-10-15-17-18-19/h5,7-12,16H,4,6H2,1-3H3. The van der Waals surface area contributed by atoms with Gasteiger partial charge in [0.1, 0.15) is 6.33 Å². The van der Waals surface area contributed by atoms with Crippen LogP contribution in [0, 0.1) is 0 Å². The molecule has 1 aromatic carbocycles. The lowest BCUT2D eigenvalue weighted by molar-refractivity contribution is 0.452. The van der Waals surface area contributed by atoms with E-state index in [1.807, 2.05) is 12.1 Å². The summed E-state index contributed by atoms with van der Waals surface area (Å²) in [7, 11) is 0. The van der Waals surface area contributed by atoms with Gasteiger partial charge in [-0.2, -0.15) is 0 Å². The molecule has 1 aromatic heterocycles. The Morgan fingerprint density at radius 2 is 2.16 bits per heavy atom. The maximum Gasteiger partial charge on any atom is 0.143 e. The Hall–Kier alpha value is -1.75. The van der Waals surface area contributed by atoms with E-state index in [-0.39, 0.29) is 0 Å². The maximum absolute atomic E-state index is 3.91. The molecule has 2 unspecified atom stereocenters. The number of nitrogens with one attached hydrogen (secondary N) is 1. The minimum absolute atomic E-state index is 0.318. The van der Waals surface area contributed by atoms with Gasteiger partial charge in [-0.1, -0.05) is 25.5 Å². The molecular formula is C14H21N5. The topological polar surface area (TPSA) is 55.6 Å². The average molecular weight is 259 g/mol. The maximum atomic E-state index is 3.91. The molecular weight excluding hydrogens is 238 g/mol. The lowest BCUT2D eigenvalue weighted by Crippen LogP contribution is -2.28. The summed E-state index contributed by atoms with van der Waals surface area (Å²) < 4.78 is 1.67. The summed E-state index contributed by atoms with van der Waals surface area (Å²) in [5.74, 6) is 0. The molecule has 0 saturated carbocycles. The molecule has 0 radical (unpaired) electrons.